The summed E-state index contributed by atoms with van der Waals surface area (Å²) in [4.78, 5) is 31.8. The lowest BCUT2D eigenvalue weighted by molar-refractivity contribution is 0.0934. The highest BCUT2D eigenvalue weighted by molar-refractivity contribution is 7.99. The maximum atomic E-state index is 14.0. The van der Waals surface area contributed by atoms with Crippen LogP contribution >= 0.6 is 11.8 Å². The number of rotatable bonds is 2. The molecular formula is C17H14FN3O3S. The quantitative estimate of drug-likeness (QED) is 0.734. The molecule has 2 aromatic heterocycles. The van der Waals surface area contributed by atoms with E-state index < -0.39 is 11.5 Å². The molecule has 1 amide bonds. The summed E-state index contributed by atoms with van der Waals surface area (Å²) in [6.45, 7) is 1.61. The van der Waals surface area contributed by atoms with Gasteiger partial charge < -0.3 is 14.7 Å². The molecule has 0 radical (unpaired) electrons. The molecular weight excluding hydrogens is 345 g/mol. The van der Waals surface area contributed by atoms with Crippen molar-refractivity contribution >= 4 is 28.8 Å². The van der Waals surface area contributed by atoms with Gasteiger partial charge in [0.1, 0.15) is 17.0 Å². The average molecular weight is 359 g/mol. The minimum Gasteiger partial charge on any atom is -0.442 e. The number of furan rings is 1. The minimum absolute atomic E-state index is 0.122. The van der Waals surface area contributed by atoms with Crippen LogP contribution in [0.1, 0.15) is 34.1 Å². The van der Waals surface area contributed by atoms with Crippen LogP contribution in [0.4, 0.5) is 4.39 Å². The van der Waals surface area contributed by atoms with Crippen molar-refractivity contribution in [2.24, 2.45) is 0 Å². The molecule has 1 atom stereocenters. The van der Waals surface area contributed by atoms with Gasteiger partial charge in [0.25, 0.3) is 11.5 Å². The number of nitrogens with zero attached hydrogens (tertiary/aromatic N) is 1. The molecule has 3 heterocycles. The van der Waals surface area contributed by atoms with E-state index in [0.29, 0.717) is 22.8 Å². The molecule has 0 fully saturated rings. The smallest absolute Gasteiger partial charge is 0.262 e. The SMILES string of the molecule is Cc1oc2nc[nH]c(=O)c2c1C(=O)N[C@@H]1CCSc2c(F)cccc21. The Morgan fingerprint density at radius 3 is 3.16 bits per heavy atom. The molecule has 0 saturated heterocycles. The van der Waals surface area contributed by atoms with Gasteiger partial charge in [-0.1, -0.05) is 12.1 Å². The number of benzene rings is 1. The van der Waals surface area contributed by atoms with Gasteiger partial charge in [-0.05, 0) is 25.0 Å². The summed E-state index contributed by atoms with van der Waals surface area (Å²) in [5.74, 6) is 0.307. The van der Waals surface area contributed by atoms with Crippen molar-refractivity contribution < 1.29 is 13.6 Å². The maximum absolute atomic E-state index is 14.0. The summed E-state index contributed by atoms with van der Waals surface area (Å²) in [6, 6.07) is 4.53. The van der Waals surface area contributed by atoms with Gasteiger partial charge in [-0.3, -0.25) is 9.59 Å². The lowest BCUT2D eigenvalue weighted by atomic mass is 10.0. The Labute approximate surface area is 145 Å². The summed E-state index contributed by atoms with van der Waals surface area (Å²) >= 11 is 1.44. The van der Waals surface area contributed by atoms with E-state index in [2.05, 4.69) is 15.3 Å². The summed E-state index contributed by atoms with van der Waals surface area (Å²) in [5.41, 5.74) is 0.609. The number of hydrogen-bond acceptors (Lipinski definition) is 5. The first-order chi connectivity index (χ1) is 12.1. The number of thioether (sulfide) groups is 1. The zero-order valence-electron chi connectivity index (χ0n) is 13.3. The number of amides is 1. The number of halogens is 1. The molecule has 6 nitrogen and oxygen atoms in total. The zero-order valence-corrected chi connectivity index (χ0v) is 14.1. The number of carbonyl (C=O) groups is 1. The molecule has 1 aliphatic heterocycles. The van der Waals surface area contributed by atoms with Crippen molar-refractivity contribution in [3.63, 3.8) is 0 Å². The van der Waals surface area contributed by atoms with Crippen LogP contribution in [0.15, 0.2) is 38.6 Å². The Bertz CT molecular complexity index is 1040. The third-order valence-corrected chi connectivity index (χ3v) is 5.39. The summed E-state index contributed by atoms with van der Waals surface area (Å²) < 4.78 is 19.4. The van der Waals surface area contributed by atoms with Crippen molar-refractivity contribution in [1.82, 2.24) is 15.3 Å². The standard InChI is InChI=1S/C17H14FN3O3S/c1-8-12(13-15(22)19-7-20-17(13)24-8)16(23)21-11-5-6-25-14-9(11)3-2-4-10(14)18/h2-4,7,11H,5-6H2,1H3,(H,21,23)(H,19,20,22)/t11-/m1/s1. The second kappa shape index (κ2) is 6.03. The second-order valence-corrected chi connectivity index (χ2v) is 6.87. The first-order valence-electron chi connectivity index (χ1n) is 7.75. The van der Waals surface area contributed by atoms with E-state index in [0.717, 1.165) is 5.56 Å². The van der Waals surface area contributed by atoms with Gasteiger partial charge in [-0.15, -0.1) is 11.8 Å². The maximum Gasteiger partial charge on any atom is 0.262 e. The van der Waals surface area contributed by atoms with Crippen LogP contribution in [0.2, 0.25) is 0 Å². The van der Waals surface area contributed by atoms with Crippen molar-refractivity contribution in [1.29, 1.82) is 0 Å². The van der Waals surface area contributed by atoms with E-state index in [1.807, 2.05) is 6.07 Å². The van der Waals surface area contributed by atoms with E-state index in [-0.39, 0.29) is 28.5 Å². The number of aryl methyl sites for hydroxylation is 1. The van der Waals surface area contributed by atoms with Gasteiger partial charge in [0, 0.05) is 10.6 Å². The molecule has 0 spiro atoms. The van der Waals surface area contributed by atoms with Crippen molar-refractivity contribution in [3.8, 4) is 0 Å². The number of aromatic amines is 1. The minimum atomic E-state index is -0.433. The number of nitrogens with one attached hydrogen (secondary N) is 2. The predicted octanol–water partition coefficient (Wildman–Crippen LogP) is 2.93. The largest absolute Gasteiger partial charge is 0.442 e. The Morgan fingerprint density at radius 1 is 1.48 bits per heavy atom. The molecule has 0 unspecified atom stereocenters. The highest BCUT2D eigenvalue weighted by Gasteiger charge is 2.28. The molecule has 4 rings (SSSR count). The molecule has 0 saturated carbocycles. The predicted molar refractivity (Wildman–Crippen MR) is 91.3 cm³/mol. The van der Waals surface area contributed by atoms with Crippen LogP contribution in [0.5, 0.6) is 0 Å². The molecule has 25 heavy (non-hydrogen) atoms. The Morgan fingerprint density at radius 2 is 2.32 bits per heavy atom. The molecule has 2 N–H and O–H groups in total. The molecule has 1 aromatic carbocycles. The van der Waals surface area contributed by atoms with Crippen LogP contribution in [-0.2, 0) is 0 Å². The normalized spacial score (nSPS) is 16.6. The van der Waals surface area contributed by atoms with Gasteiger partial charge in [-0.2, -0.15) is 0 Å². The fourth-order valence-corrected chi connectivity index (χ4v) is 4.23. The summed E-state index contributed by atoms with van der Waals surface area (Å²) in [6.07, 6.45) is 1.91. The van der Waals surface area contributed by atoms with Crippen molar-refractivity contribution in [2.75, 3.05) is 5.75 Å². The molecule has 0 bridgehead atoms. The highest BCUT2D eigenvalue weighted by atomic mass is 32.2. The van der Waals surface area contributed by atoms with Gasteiger partial charge in [-0.25, -0.2) is 9.37 Å². The van der Waals surface area contributed by atoms with Crippen LogP contribution < -0.4 is 10.9 Å². The van der Waals surface area contributed by atoms with Crippen LogP contribution in [0.3, 0.4) is 0 Å². The first kappa shape index (κ1) is 15.9. The molecule has 3 aromatic rings. The number of hydrogen-bond donors (Lipinski definition) is 2. The highest BCUT2D eigenvalue weighted by Crippen LogP contribution is 2.38. The average Bonchev–Trinajstić information content (AvgIpc) is 2.93. The van der Waals surface area contributed by atoms with Crippen molar-refractivity contribution in [2.45, 2.75) is 24.3 Å². The van der Waals surface area contributed by atoms with Crippen LogP contribution in [-0.4, -0.2) is 21.6 Å². The number of fused-ring (bicyclic) bond motifs is 2. The number of H-pyrrole nitrogens is 1. The summed E-state index contributed by atoms with van der Waals surface area (Å²) in [7, 11) is 0. The van der Waals surface area contributed by atoms with Gasteiger partial charge in [0.15, 0.2) is 0 Å². The Kier molecular flexibility index (Phi) is 3.84. The lowest BCUT2D eigenvalue weighted by Crippen LogP contribution is -2.31. The molecule has 1 aliphatic rings. The first-order valence-corrected chi connectivity index (χ1v) is 8.73. The lowest BCUT2D eigenvalue weighted by Gasteiger charge is -2.26. The van der Waals surface area contributed by atoms with Crippen LogP contribution in [0, 0.1) is 12.7 Å². The van der Waals surface area contributed by atoms with Gasteiger partial charge in [0.05, 0.1) is 17.9 Å². The monoisotopic (exact) mass is 359 g/mol. The van der Waals surface area contributed by atoms with Gasteiger partial charge >= 0.3 is 0 Å². The Hall–Kier alpha value is -2.61. The van der Waals surface area contributed by atoms with Crippen molar-refractivity contribution in [3.05, 3.63) is 57.6 Å². The van der Waals surface area contributed by atoms with Crippen LogP contribution in [0.25, 0.3) is 11.1 Å². The number of carbonyl (C=O) groups excluding carboxylic acids is 1. The zero-order chi connectivity index (χ0) is 17.6. The molecule has 8 heteroatoms. The van der Waals surface area contributed by atoms with E-state index in [1.165, 1.54) is 24.2 Å². The van der Waals surface area contributed by atoms with E-state index in [1.54, 1.807) is 13.0 Å². The second-order valence-electron chi connectivity index (χ2n) is 5.77. The third-order valence-electron chi connectivity index (χ3n) is 4.23. The van der Waals surface area contributed by atoms with E-state index >= 15 is 0 Å². The third kappa shape index (κ3) is 2.62. The van der Waals surface area contributed by atoms with E-state index in [4.69, 9.17) is 4.42 Å². The van der Waals surface area contributed by atoms with Gasteiger partial charge in [0.2, 0.25) is 5.71 Å². The fourth-order valence-electron chi connectivity index (χ4n) is 3.09. The molecule has 128 valence electrons. The molecule has 0 aliphatic carbocycles. The summed E-state index contributed by atoms with van der Waals surface area (Å²) in [5, 5.41) is 3.03. The fraction of sp³-hybridized carbons (Fsp3) is 0.235. The van der Waals surface area contributed by atoms with E-state index in [9.17, 15) is 14.0 Å². The topological polar surface area (TPSA) is 88.0 Å². The number of aromatic nitrogens is 2. The Balaban J connectivity index is 1.72.